The molecular formula is C30H37ClN2O5. The summed E-state index contributed by atoms with van der Waals surface area (Å²) >= 11 is 6.05. The minimum Gasteiger partial charge on any atom is -0.492 e. The summed E-state index contributed by atoms with van der Waals surface area (Å²) in [4.78, 5) is 30.0. The molecule has 1 amide bonds. The van der Waals surface area contributed by atoms with E-state index in [1.165, 1.54) is 0 Å². The SMILES string of the molecule is CC(C)c1oc2cc(OCCN3CCN(C(=O)OC(C)(C)C)[C@@H](C)C3)ccc2c(=O)c1-c1ccc(Cl)cc1. The first-order chi connectivity index (χ1) is 17.9. The van der Waals surface area contributed by atoms with Gasteiger partial charge in [0.1, 0.15) is 29.3 Å². The van der Waals surface area contributed by atoms with Gasteiger partial charge in [-0.15, -0.1) is 0 Å². The molecule has 0 saturated carbocycles. The van der Waals surface area contributed by atoms with Gasteiger partial charge in [-0.2, -0.15) is 0 Å². The van der Waals surface area contributed by atoms with E-state index in [0.29, 0.717) is 46.2 Å². The van der Waals surface area contributed by atoms with Crippen molar-refractivity contribution < 1.29 is 18.7 Å². The molecule has 2 heterocycles. The van der Waals surface area contributed by atoms with E-state index >= 15 is 0 Å². The molecule has 3 aromatic rings. The van der Waals surface area contributed by atoms with Crippen molar-refractivity contribution in [3.8, 4) is 16.9 Å². The first kappa shape index (κ1) is 28.0. The molecule has 7 nitrogen and oxygen atoms in total. The zero-order chi connectivity index (χ0) is 27.6. The van der Waals surface area contributed by atoms with E-state index < -0.39 is 5.60 Å². The van der Waals surface area contributed by atoms with Crippen molar-refractivity contribution in [2.24, 2.45) is 0 Å². The molecule has 1 aliphatic heterocycles. The number of halogens is 1. The van der Waals surface area contributed by atoms with Crippen LogP contribution in [0.3, 0.4) is 0 Å². The fourth-order valence-electron chi connectivity index (χ4n) is 4.70. The molecule has 2 aromatic carbocycles. The Hall–Kier alpha value is -3.03. The Kier molecular flexibility index (Phi) is 8.38. The predicted octanol–water partition coefficient (Wildman–Crippen LogP) is 6.56. The molecule has 1 aromatic heterocycles. The Bertz CT molecular complexity index is 1340. The standard InChI is InChI=1S/C30H37ClN2O5/c1-19(2)28-26(21-7-9-22(31)10-8-21)27(34)24-12-11-23(17-25(24)37-28)36-16-15-32-13-14-33(20(3)18-32)29(35)38-30(4,5)6/h7-12,17,19-20H,13-16,18H2,1-6H3/t20-/m0/s1. The third-order valence-corrected chi connectivity index (χ3v) is 6.82. The van der Waals surface area contributed by atoms with E-state index in [1.54, 1.807) is 29.2 Å². The number of nitrogens with zero attached hydrogens (tertiary/aromatic N) is 2. The van der Waals surface area contributed by atoms with E-state index in [1.807, 2.05) is 59.7 Å². The van der Waals surface area contributed by atoms with Gasteiger partial charge in [0.15, 0.2) is 0 Å². The number of amides is 1. The average molecular weight is 541 g/mol. The summed E-state index contributed by atoms with van der Waals surface area (Å²) in [6.45, 7) is 15.0. The van der Waals surface area contributed by atoms with Gasteiger partial charge in [-0.25, -0.2) is 4.79 Å². The van der Waals surface area contributed by atoms with E-state index in [9.17, 15) is 9.59 Å². The highest BCUT2D eigenvalue weighted by molar-refractivity contribution is 6.30. The molecule has 0 unspecified atom stereocenters. The zero-order valence-corrected chi connectivity index (χ0v) is 23.8. The Morgan fingerprint density at radius 3 is 2.47 bits per heavy atom. The number of piperazine rings is 1. The fraction of sp³-hybridized carbons (Fsp3) is 0.467. The van der Waals surface area contributed by atoms with Crippen LogP contribution in [0, 0.1) is 0 Å². The molecule has 1 fully saturated rings. The second kappa shape index (κ2) is 11.4. The Morgan fingerprint density at radius 2 is 1.84 bits per heavy atom. The van der Waals surface area contributed by atoms with E-state index in [2.05, 4.69) is 4.90 Å². The van der Waals surface area contributed by atoms with Crippen LogP contribution < -0.4 is 10.2 Å². The summed E-state index contributed by atoms with van der Waals surface area (Å²) in [5.41, 5.74) is 1.29. The van der Waals surface area contributed by atoms with Crippen molar-refractivity contribution in [2.45, 2.75) is 59.1 Å². The van der Waals surface area contributed by atoms with Gasteiger partial charge in [-0.05, 0) is 57.5 Å². The van der Waals surface area contributed by atoms with Crippen molar-refractivity contribution in [1.29, 1.82) is 0 Å². The lowest BCUT2D eigenvalue weighted by atomic mass is 9.97. The van der Waals surface area contributed by atoms with Gasteiger partial charge >= 0.3 is 6.09 Å². The van der Waals surface area contributed by atoms with Crippen LogP contribution in [0.15, 0.2) is 51.7 Å². The lowest BCUT2D eigenvalue weighted by Crippen LogP contribution is -2.55. The first-order valence-electron chi connectivity index (χ1n) is 13.1. The van der Waals surface area contributed by atoms with Crippen molar-refractivity contribution in [2.75, 3.05) is 32.8 Å². The van der Waals surface area contributed by atoms with Gasteiger partial charge in [0.25, 0.3) is 0 Å². The smallest absolute Gasteiger partial charge is 0.410 e. The summed E-state index contributed by atoms with van der Waals surface area (Å²) in [5, 5.41) is 1.13. The van der Waals surface area contributed by atoms with Crippen LogP contribution in [-0.2, 0) is 4.74 Å². The average Bonchev–Trinajstić information content (AvgIpc) is 2.83. The topological polar surface area (TPSA) is 72.2 Å². The lowest BCUT2D eigenvalue weighted by Gasteiger charge is -2.40. The van der Waals surface area contributed by atoms with Crippen molar-refractivity contribution in [3.05, 3.63) is 63.5 Å². The lowest BCUT2D eigenvalue weighted by molar-refractivity contribution is 0.000360. The normalized spacial score (nSPS) is 16.7. The van der Waals surface area contributed by atoms with Crippen LogP contribution in [0.25, 0.3) is 22.1 Å². The second-order valence-corrected chi connectivity index (χ2v) is 11.6. The van der Waals surface area contributed by atoms with E-state index in [4.69, 9.17) is 25.5 Å². The van der Waals surface area contributed by atoms with Crippen LogP contribution >= 0.6 is 11.6 Å². The van der Waals surface area contributed by atoms with Gasteiger partial charge in [-0.3, -0.25) is 9.69 Å². The first-order valence-corrected chi connectivity index (χ1v) is 13.5. The summed E-state index contributed by atoms with van der Waals surface area (Å²) < 4.78 is 17.8. The summed E-state index contributed by atoms with van der Waals surface area (Å²) in [6.07, 6.45) is -0.265. The number of rotatable bonds is 6. The predicted molar refractivity (Wildman–Crippen MR) is 151 cm³/mol. The third kappa shape index (κ3) is 6.51. The number of hydrogen-bond donors (Lipinski definition) is 0. The molecule has 1 saturated heterocycles. The number of carbonyl (C=O) groups is 1. The molecule has 38 heavy (non-hydrogen) atoms. The van der Waals surface area contributed by atoms with Crippen LogP contribution in [0.4, 0.5) is 4.79 Å². The van der Waals surface area contributed by atoms with Crippen LogP contribution in [0.2, 0.25) is 5.02 Å². The molecular weight excluding hydrogens is 504 g/mol. The number of fused-ring (bicyclic) bond motifs is 1. The second-order valence-electron chi connectivity index (χ2n) is 11.2. The van der Waals surface area contributed by atoms with Crippen LogP contribution in [0.1, 0.15) is 53.2 Å². The third-order valence-electron chi connectivity index (χ3n) is 6.56. The minimum atomic E-state index is -0.506. The van der Waals surface area contributed by atoms with Crippen molar-refractivity contribution in [3.63, 3.8) is 0 Å². The molecule has 0 spiro atoms. The summed E-state index contributed by atoms with van der Waals surface area (Å²) in [6, 6.07) is 12.7. The molecule has 4 rings (SSSR count). The van der Waals surface area contributed by atoms with Gasteiger partial charge in [-0.1, -0.05) is 37.6 Å². The highest BCUT2D eigenvalue weighted by atomic mass is 35.5. The number of ether oxygens (including phenoxy) is 2. The maximum Gasteiger partial charge on any atom is 0.410 e. The van der Waals surface area contributed by atoms with Gasteiger partial charge in [0.05, 0.1) is 10.9 Å². The Labute approximate surface area is 229 Å². The molecule has 204 valence electrons. The Morgan fingerprint density at radius 1 is 1.13 bits per heavy atom. The highest BCUT2D eigenvalue weighted by Crippen LogP contribution is 2.31. The highest BCUT2D eigenvalue weighted by Gasteiger charge is 2.30. The fourth-order valence-corrected chi connectivity index (χ4v) is 4.82. The van der Waals surface area contributed by atoms with Crippen molar-refractivity contribution >= 4 is 28.7 Å². The van der Waals surface area contributed by atoms with Crippen LogP contribution in [-0.4, -0.2) is 60.3 Å². The summed E-state index contributed by atoms with van der Waals surface area (Å²) in [5.74, 6) is 1.30. The molecule has 1 aliphatic rings. The molecule has 1 atom stereocenters. The minimum absolute atomic E-state index is 0.0173. The largest absolute Gasteiger partial charge is 0.492 e. The molecule has 0 N–H and O–H groups in total. The molecule has 0 aliphatic carbocycles. The number of hydrogen-bond acceptors (Lipinski definition) is 6. The number of benzene rings is 2. The monoisotopic (exact) mass is 540 g/mol. The van der Waals surface area contributed by atoms with Gasteiger partial charge in [0, 0.05) is 49.2 Å². The Balaban J connectivity index is 1.43. The maximum absolute atomic E-state index is 13.5. The maximum atomic E-state index is 13.5. The number of carbonyl (C=O) groups excluding carboxylic acids is 1. The quantitative estimate of drug-likeness (QED) is 0.353. The molecule has 0 bridgehead atoms. The molecule has 8 heteroatoms. The van der Waals surface area contributed by atoms with Gasteiger partial charge < -0.3 is 18.8 Å². The van der Waals surface area contributed by atoms with Gasteiger partial charge in [0.2, 0.25) is 5.43 Å². The zero-order valence-electron chi connectivity index (χ0n) is 23.0. The van der Waals surface area contributed by atoms with Crippen molar-refractivity contribution in [1.82, 2.24) is 9.80 Å². The van der Waals surface area contributed by atoms with Crippen LogP contribution in [0.5, 0.6) is 5.75 Å². The van der Waals surface area contributed by atoms with E-state index in [0.717, 1.165) is 25.2 Å². The van der Waals surface area contributed by atoms with E-state index in [-0.39, 0.29) is 23.5 Å². The summed E-state index contributed by atoms with van der Waals surface area (Å²) in [7, 11) is 0. The molecule has 0 radical (unpaired) electrons.